The van der Waals surface area contributed by atoms with Crippen molar-refractivity contribution in [3.63, 3.8) is 0 Å². The summed E-state index contributed by atoms with van der Waals surface area (Å²) in [5, 5.41) is 17.5. The Morgan fingerprint density at radius 2 is 2.17 bits per heavy atom. The summed E-state index contributed by atoms with van der Waals surface area (Å²) >= 11 is 0. The molecule has 7 heteroatoms. The second kappa shape index (κ2) is 9.22. The van der Waals surface area contributed by atoms with E-state index in [2.05, 4.69) is 27.4 Å². The fourth-order valence-corrected chi connectivity index (χ4v) is 2.97. The molecule has 0 unspecified atom stereocenters. The number of nitrogens with zero attached hydrogens (tertiary/aromatic N) is 3. The van der Waals surface area contributed by atoms with Crippen molar-refractivity contribution in [1.29, 1.82) is 0 Å². The maximum atomic E-state index is 10.8. The smallest absolute Gasteiger partial charge is 0.269 e. The molecule has 132 valence electrons. The first kappa shape index (κ1) is 18.2. The highest BCUT2D eigenvalue weighted by molar-refractivity contribution is 5.80. The molecule has 1 aromatic carbocycles. The molecular weight excluding hydrogens is 306 g/mol. The zero-order chi connectivity index (χ0) is 17.4. The predicted octanol–water partition coefficient (Wildman–Crippen LogP) is 2.13. The summed E-state index contributed by atoms with van der Waals surface area (Å²) in [6.07, 6.45) is 3.42. The lowest BCUT2D eigenvalue weighted by molar-refractivity contribution is -0.384. The topological polar surface area (TPSA) is 82.8 Å². The predicted molar refractivity (Wildman–Crippen MR) is 96.2 cm³/mol. The number of aliphatic imine (C=N–C) groups is 1. The van der Waals surface area contributed by atoms with Crippen LogP contribution in [0.3, 0.4) is 0 Å². The van der Waals surface area contributed by atoms with E-state index in [0.717, 1.165) is 37.5 Å². The molecule has 0 atom stereocenters. The van der Waals surface area contributed by atoms with Gasteiger partial charge in [-0.3, -0.25) is 15.1 Å². The monoisotopic (exact) mass is 333 g/mol. The van der Waals surface area contributed by atoms with Gasteiger partial charge >= 0.3 is 0 Å². The third-order valence-electron chi connectivity index (χ3n) is 4.27. The Morgan fingerprint density at radius 3 is 2.79 bits per heavy atom. The lowest BCUT2D eigenvalue weighted by Gasteiger charge is -2.32. The van der Waals surface area contributed by atoms with Gasteiger partial charge in [-0.25, -0.2) is 0 Å². The molecule has 1 aliphatic rings. The number of likely N-dealkylation sites (tertiary alicyclic amines) is 1. The van der Waals surface area contributed by atoms with Gasteiger partial charge in [-0.15, -0.1) is 0 Å². The van der Waals surface area contributed by atoms with E-state index >= 15 is 0 Å². The number of piperidine rings is 1. The second-order valence-corrected chi connectivity index (χ2v) is 6.11. The molecule has 0 radical (unpaired) electrons. The van der Waals surface area contributed by atoms with Crippen LogP contribution in [-0.2, 0) is 6.54 Å². The molecule has 2 rings (SSSR count). The third kappa shape index (κ3) is 5.49. The molecule has 1 aliphatic heterocycles. The zero-order valence-corrected chi connectivity index (χ0v) is 14.5. The molecule has 2 N–H and O–H groups in total. The number of benzene rings is 1. The van der Waals surface area contributed by atoms with E-state index < -0.39 is 0 Å². The number of hydrogen-bond acceptors (Lipinski definition) is 4. The molecule has 1 fully saturated rings. The van der Waals surface area contributed by atoms with Crippen LogP contribution < -0.4 is 10.6 Å². The first-order chi connectivity index (χ1) is 11.6. The molecule has 1 heterocycles. The minimum atomic E-state index is -0.374. The van der Waals surface area contributed by atoms with E-state index in [0.29, 0.717) is 12.6 Å². The number of guanidine groups is 1. The van der Waals surface area contributed by atoms with Crippen LogP contribution in [0.1, 0.15) is 31.7 Å². The number of rotatable bonds is 6. The van der Waals surface area contributed by atoms with Crippen LogP contribution >= 0.6 is 0 Å². The lowest BCUT2D eigenvalue weighted by atomic mass is 10.1. The van der Waals surface area contributed by atoms with E-state index in [1.807, 2.05) is 6.07 Å². The molecule has 0 amide bonds. The standard InChI is InChI=1S/C17H27N5O2/c1-3-9-21-10-7-15(8-11-21)20-17(18-2)19-13-14-5-4-6-16(12-14)22(23)24/h4-6,12,15H,3,7-11,13H2,1-2H3,(H2,18,19,20). The summed E-state index contributed by atoms with van der Waals surface area (Å²) < 4.78 is 0. The van der Waals surface area contributed by atoms with Gasteiger partial charge < -0.3 is 15.5 Å². The molecule has 0 aromatic heterocycles. The van der Waals surface area contributed by atoms with Crippen molar-refractivity contribution in [3.05, 3.63) is 39.9 Å². The highest BCUT2D eigenvalue weighted by Gasteiger charge is 2.19. The first-order valence-electron chi connectivity index (χ1n) is 8.55. The quantitative estimate of drug-likeness (QED) is 0.361. The zero-order valence-electron chi connectivity index (χ0n) is 14.5. The number of nitro groups is 1. The summed E-state index contributed by atoms with van der Waals surface area (Å²) in [6, 6.07) is 7.09. The van der Waals surface area contributed by atoms with Gasteiger partial charge in [-0.2, -0.15) is 0 Å². The number of nitrogens with one attached hydrogen (secondary N) is 2. The molecular formula is C17H27N5O2. The van der Waals surface area contributed by atoms with Crippen LogP contribution in [0.4, 0.5) is 5.69 Å². The molecule has 0 spiro atoms. The Morgan fingerprint density at radius 1 is 1.42 bits per heavy atom. The van der Waals surface area contributed by atoms with Gasteiger partial charge in [0.1, 0.15) is 0 Å². The Bertz CT molecular complexity index is 568. The van der Waals surface area contributed by atoms with Crippen LogP contribution in [0.25, 0.3) is 0 Å². The van der Waals surface area contributed by atoms with Crippen molar-refractivity contribution < 1.29 is 4.92 Å². The largest absolute Gasteiger partial charge is 0.354 e. The second-order valence-electron chi connectivity index (χ2n) is 6.11. The molecule has 0 bridgehead atoms. The minimum absolute atomic E-state index is 0.112. The first-order valence-corrected chi connectivity index (χ1v) is 8.55. The Balaban J connectivity index is 1.81. The molecule has 1 saturated heterocycles. The van der Waals surface area contributed by atoms with Gasteiger partial charge in [0.25, 0.3) is 5.69 Å². The van der Waals surface area contributed by atoms with Crippen molar-refractivity contribution in [2.75, 3.05) is 26.7 Å². The van der Waals surface area contributed by atoms with Gasteiger partial charge in [0.2, 0.25) is 0 Å². The number of nitro benzene ring substituents is 1. The Hall–Kier alpha value is -2.15. The highest BCUT2D eigenvalue weighted by Crippen LogP contribution is 2.13. The van der Waals surface area contributed by atoms with E-state index in [9.17, 15) is 10.1 Å². The average Bonchev–Trinajstić information content (AvgIpc) is 2.60. The Labute approximate surface area is 143 Å². The SMILES string of the molecule is CCCN1CCC(NC(=NC)NCc2cccc([N+](=O)[O-])c2)CC1. The summed E-state index contributed by atoms with van der Waals surface area (Å²) in [5.41, 5.74) is 0.977. The van der Waals surface area contributed by atoms with E-state index in [1.165, 1.54) is 19.0 Å². The normalized spacial score (nSPS) is 16.8. The third-order valence-corrected chi connectivity index (χ3v) is 4.27. The summed E-state index contributed by atoms with van der Waals surface area (Å²) in [6.45, 7) is 6.13. The molecule has 24 heavy (non-hydrogen) atoms. The van der Waals surface area contributed by atoms with Gasteiger partial charge in [-0.05, 0) is 31.4 Å². The fourth-order valence-electron chi connectivity index (χ4n) is 2.97. The van der Waals surface area contributed by atoms with Crippen LogP contribution in [0.2, 0.25) is 0 Å². The van der Waals surface area contributed by atoms with Crippen molar-refractivity contribution in [2.45, 2.75) is 38.8 Å². The molecule has 1 aromatic rings. The van der Waals surface area contributed by atoms with Gasteiger partial charge in [-0.1, -0.05) is 19.1 Å². The minimum Gasteiger partial charge on any atom is -0.354 e. The van der Waals surface area contributed by atoms with Crippen molar-refractivity contribution in [2.24, 2.45) is 4.99 Å². The average molecular weight is 333 g/mol. The van der Waals surface area contributed by atoms with Crippen LogP contribution in [0.5, 0.6) is 0 Å². The van der Waals surface area contributed by atoms with Gasteiger partial charge in [0.05, 0.1) is 4.92 Å². The number of non-ortho nitro benzene ring substituents is 1. The van der Waals surface area contributed by atoms with Crippen molar-refractivity contribution in [3.8, 4) is 0 Å². The summed E-state index contributed by atoms with van der Waals surface area (Å²) in [5.74, 6) is 0.746. The van der Waals surface area contributed by atoms with E-state index in [1.54, 1.807) is 19.2 Å². The van der Waals surface area contributed by atoms with Gasteiger partial charge in [0, 0.05) is 44.9 Å². The summed E-state index contributed by atoms with van der Waals surface area (Å²) in [4.78, 5) is 17.2. The van der Waals surface area contributed by atoms with Crippen LogP contribution in [-0.4, -0.2) is 48.5 Å². The Kier molecular flexibility index (Phi) is 6.99. The number of hydrogen-bond donors (Lipinski definition) is 2. The maximum absolute atomic E-state index is 10.8. The summed E-state index contributed by atoms with van der Waals surface area (Å²) in [7, 11) is 1.75. The highest BCUT2D eigenvalue weighted by atomic mass is 16.6. The maximum Gasteiger partial charge on any atom is 0.269 e. The van der Waals surface area contributed by atoms with Crippen LogP contribution in [0.15, 0.2) is 29.3 Å². The molecule has 0 saturated carbocycles. The van der Waals surface area contributed by atoms with Crippen LogP contribution in [0, 0.1) is 10.1 Å². The lowest BCUT2D eigenvalue weighted by Crippen LogP contribution is -2.48. The van der Waals surface area contributed by atoms with Gasteiger partial charge in [0.15, 0.2) is 5.96 Å². The molecule has 7 nitrogen and oxygen atoms in total. The van der Waals surface area contributed by atoms with E-state index in [-0.39, 0.29) is 10.6 Å². The van der Waals surface area contributed by atoms with Crippen molar-refractivity contribution >= 4 is 11.6 Å². The van der Waals surface area contributed by atoms with E-state index in [4.69, 9.17) is 0 Å². The molecule has 0 aliphatic carbocycles. The fraction of sp³-hybridized carbons (Fsp3) is 0.588. The van der Waals surface area contributed by atoms with Crippen molar-refractivity contribution in [1.82, 2.24) is 15.5 Å².